The van der Waals surface area contributed by atoms with Gasteiger partial charge in [-0.25, -0.2) is 4.39 Å². The minimum Gasteiger partial charge on any atom is -0.491 e. The van der Waals surface area contributed by atoms with Crippen molar-refractivity contribution in [2.24, 2.45) is 29.6 Å². The summed E-state index contributed by atoms with van der Waals surface area (Å²) < 4.78 is 34.1. The number of ether oxygens (including phenoxy) is 1. The molecule has 0 N–H and O–H groups in total. The molecule has 3 fully saturated rings. The van der Waals surface area contributed by atoms with Gasteiger partial charge in [0.2, 0.25) is 5.82 Å². The van der Waals surface area contributed by atoms with E-state index in [1.54, 1.807) is 19.1 Å². The Morgan fingerprint density at radius 3 is 1.88 bits per heavy atom. The highest BCUT2D eigenvalue weighted by molar-refractivity contribution is 5.33. The van der Waals surface area contributed by atoms with Crippen LogP contribution in [0.2, 0.25) is 0 Å². The third-order valence-corrected chi connectivity index (χ3v) is 9.35. The summed E-state index contributed by atoms with van der Waals surface area (Å²) in [5.74, 6) is 3.09. The van der Waals surface area contributed by atoms with E-state index >= 15 is 0 Å². The SMILES string of the molecule is C=CC1CCC(C2CCC(CCC3CCC(c4ccc(OCC)c(F)c4F)CC3)CC2)CC1. The van der Waals surface area contributed by atoms with Crippen LogP contribution in [0.5, 0.6) is 5.75 Å². The van der Waals surface area contributed by atoms with Gasteiger partial charge in [0.05, 0.1) is 6.61 Å². The van der Waals surface area contributed by atoms with E-state index in [9.17, 15) is 8.78 Å². The average molecular weight is 459 g/mol. The first kappa shape index (κ1) is 24.7. The molecule has 0 radical (unpaired) electrons. The molecular weight excluding hydrogens is 414 g/mol. The second-order valence-corrected chi connectivity index (χ2v) is 11.2. The third-order valence-electron chi connectivity index (χ3n) is 9.35. The van der Waals surface area contributed by atoms with Crippen LogP contribution in [0.3, 0.4) is 0 Å². The van der Waals surface area contributed by atoms with Gasteiger partial charge in [-0.3, -0.25) is 0 Å². The van der Waals surface area contributed by atoms with Gasteiger partial charge < -0.3 is 4.74 Å². The standard InChI is InChI=1S/C30H44F2O/c1-3-21-7-13-24(14-8-21)25-15-9-22(10-16-25)5-6-23-11-17-26(18-12-23)27-19-20-28(33-4-2)30(32)29(27)31/h3,19-26H,1,4-18H2,2H3. The zero-order valence-corrected chi connectivity index (χ0v) is 20.7. The first-order valence-electron chi connectivity index (χ1n) is 13.8. The smallest absolute Gasteiger partial charge is 0.200 e. The highest BCUT2D eigenvalue weighted by Crippen LogP contribution is 2.44. The van der Waals surface area contributed by atoms with Gasteiger partial charge in [0.1, 0.15) is 0 Å². The maximum Gasteiger partial charge on any atom is 0.200 e. The van der Waals surface area contributed by atoms with Crippen LogP contribution in [-0.4, -0.2) is 6.61 Å². The van der Waals surface area contributed by atoms with Crippen molar-refractivity contribution in [2.75, 3.05) is 6.61 Å². The predicted molar refractivity (Wildman–Crippen MR) is 133 cm³/mol. The fourth-order valence-corrected chi connectivity index (χ4v) is 7.16. The van der Waals surface area contributed by atoms with Crippen molar-refractivity contribution in [3.05, 3.63) is 42.0 Å². The summed E-state index contributed by atoms with van der Waals surface area (Å²) in [5.41, 5.74) is 0.551. The van der Waals surface area contributed by atoms with E-state index in [1.165, 1.54) is 64.2 Å². The van der Waals surface area contributed by atoms with Gasteiger partial charge in [-0.1, -0.05) is 37.8 Å². The molecule has 0 amide bonds. The first-order chi connectivity index (χ1) is 16.1. The number of benzene rings is 1. The highest BCUT2D eigenvalue weighted by atomic mass is 19.2. The molecule has 3 heteroatoms. The maximum absolute atomic E-state index is 14.6. The van der Waals surface area contributed by atoms with E-state index in [4.69, 9.17) is 4.74 Å². The van der Waals surface area contributed by atoms with Crippen molar-refractivity contribution >= 4 is 0 Å². The molecule has 0 bridgehead atoms. The lowest BCUT2D eigenvalue weighted by Gasteiger charge is -2.38. The Bertz CT molecular complexity index is 751. The minimum atomic E-state index is -0.819. The van der Waals surface area contributed by atoms with Crippen molar-refractivity contribution in [3.8, 4) is 5.75 Å². The Kier molecular flexibility index (Phi) is 8.88. The Morgan fingerprint density at radius 2 is 1.33 bits per heavy atom. The topological polar surface area (TPSA) is 9.23 Å². The Hall–Kier alpha value is -1.38. The van der Waals surface area contributed by atoms with E-state index in [0.717, 1.165) is 55.3 Å². The number of halogens is 2. The summed E-state index contributed by atoms with van der Waals surface area (Å²) in [6, 6.07) is 3.35. The van der Waals surface area contributed by atoms with Crippen LogP contribution in [0.25, 0.3) is 0 Å². The molecule has 3 saturated carbocycles. The van der Waals surface area contributed by atoms with Crippen LogP contribution in [0.15, 0.2) is 24.8 Å². The van der Waals surface area contributed by atoms with E-state index in [0.29, 0.717) is 12.2 Å². The van der Waals surface area contributed by atoms with Crippen molar-refractivity contribution in [3.63, 3.8) is 0 Å². The summed E-state index contributed by atoms with van der Waals surface area (Å²) in [6.45, 7) is 6.12. The summed E-state index contributed by atoms with van der Waals surface area (Å²) in [6.07, 6.45) is 20.5. The zero-order valence-electron chi connectivity index (χ0n) is 20.7. The van der Waals surface area contributed by atoms with E-state index in [-0.39, 0.29) is 11.7 Å². The number of allylic oxidation sites excluding steroid dienone is 1. The molecular formula is C30H44F2O. The lowest BCUT2D eigenvalue weighted by molar-refractivity contribution is 0.147. The molecule has 1 nitrogen and oxygen atoms in total. The number of hydrogen-bond acceptors (Lipinski definition) is 1. The molecule has 0 aliphatic heterocycles. The lowest BCUT2D eigenvalue weighted by atomic mass is 9.68. The Labute approximate surface area is 200 Å². The third kappa shape index (κ3) is 6.20. The first-order valence-corrected chi connectivity index (χ1v) is 13.8. The molecule has 3 aliphatic carbocycles. The molecule has 0 unspecified atom stereocenters. The summed E-state index contributed by atoms with van der Waals surface area (Å²) in [5, 5.41) is 0. The monoisotopic (exact) mass is 458 g/mol. The highest BCUT2D eigenvalue weighted by Gasteiger charge is 2.31. The molecule has 1 aromatic rings. The normalized spacial score (nSPS) is 32.9. The molecule has 0 heterocycles. The second kappa shape index (κ2) is 11.8. The quantitative estimate of drug-likeness (QED) is 0.353. The van der Waals surface area contributed by atoms with Crippen molar-refractivity contribution in [2.45, 2.75) is 103 Å². The van der Waals surface area contributed by atoms with Gasteiger partial charge in [0, 0.05) is 0 Å². The molecule has 0 aromatic heterocycles. The second-order valence-electron chi connectivity index (χ2n) is 11.2. The summed E-state index contributed by atoms with van der Waals surface area (Å²) in [7, 11) is 0. The zero-order chi connectivity index (χ0) is 23.2. The molecule has 4 rings (SSSR count). The van der Waals surface area contributed by atoms with Gasteiger partial charge in [-0.15, -0.1) is 6.58 Å². The molecule has 0 saturated heterocycles. The summed E-state index contributed by atoms with van der Waals surface area (Å²) >= 11 is 0. The van der Waals surface area contributed by atoms with Gasteiger partial charge in [0.15, 0.2) is 11.6 Å². The van der Waals surface area contributed by atoms with Crippen molar-refractivity contribution < 1.29 is 13.5 Å². The van der Waals surface area contributed by atoms with Crippen LogP contribution in [0, 0.1) is 41.2 Å². The van der Waals surface area contributed by atoms with Crippen molar-refractivity contribution in [1.29, 1.82) is 0 Å². The predicted octanol–water partition coefficient (Wildman–Crippen LogP) is 9.22. The molecule has 184 valence electrons. The molecule has 1 aromatic carbocycles. The van der Waals surface area contributed by atoms with Crippen LogP contribution in [0.4, 0.5) is 8.78 Å². The van der Waals surface area contributed by atoms with Crippen LogP contribution in [0.1, 0.15) is 108 Å². The average Bonchev–Trinajstić information content (AvgIpc) is 2.87. The summed E-state index contributed by atoms with van der Waals surface area (Å²) in [4.78, 5) is 0. The number of rotatable bonds is 8. The van der Waals surface area contributed by atoms with E-state index in [1.807, 2.05) is 0 Å². The van der Waals surface area contributed by atoms with E-state index in [2.05, 4.69) is 12.7 Å². The maximum atomic E-state index is 14.6. The van der Waals surface area contributed by atoms with E-state index < -0.39 is 11.6 Å². The van der Waals surface area contributed by atoms with Crippen LogP contribution >= 0.6 is 0 Å². The van der Waals surface area contributed by atoms with Gasteiger partial charge in [-0.2, -0.15) is 4.39 Å². The van der Waals surface area contributed by atoms with Gasteiger partial charge in [-0.05, 0) is 118 Å². The molecule has 0 spiro atoms. The fraction of sp³-hybridized carbons (Fsp3) is 0.733. The fourth-order valence-electron chi connectivity index (χ4n) is 7.16. The van der Waals surface area contributed by atoms with Gasteiger partial charge in [0.25, 0.3) is 0 Å². The van der Waals surface area contributed by atoms with Crippen LogP contribution < -0.4 is 4.74 Å². The number of hydrogen-bond donors (Lipinski definition) is 0. The largest absolute Gasteiger partial charge is 0.491 e. The van der Waals surface area contributed by atoms with Crippen molar-refractivity contribution in [1.82, 2.24) is 0 Å². The minimum absolute atomic E-state index is 0.0339. The Morgan fingerprint density at radius 1 is 0.788 bits per heavy atom. The Balaban J connectivity index is 1.17. The van der Waals surface area contributed by atoms with Crippen LogP contribution in [-0.2, 0) is 0 Å². The lowest BCUT2D eigenvalue weighted by Crippen LogP contribution is -2.25. The molecule has 33 heavy (non-hydrogen) atoms. The molecule has 0 atom stereocenters. The van der Waals surface area contributed by atoms with Gasteiger partial charge >= 0.3 is 0 Å². The molecule has 3 aliphatic rings.